The van der Waals surface area contributed by atoms with Crippen molar-refractivity contribution in [1.29, 1.82) is 0 Å². The van der Waals surface area contributed by atoms with Gasteiger partial charge in [-0.2, -0.15) is 4.31 Å². The zero-order valence-electron chi connectivity index (χ0n) is 19.5. The standard InChI is InChI=1S/C25H32N4O4S/c1-19(16-24(30)27-21-9-7-10-22(18-21)28-12-2-3-13-28)26-25(31)20-8-6-11-23(17-20)34(32,33)29-14-4-5-15-29/h6-11,17-19H,2-5,12-16H2,1H3,(H,26,31)(H,27,30). The van der Waals surface area contributed by atoms with Gasteiger partial charge >= 0.3 is 0 Å². The number of sulfonamides is 1. The van der Waals surface area contributed by atoms with E-state index in [9.17, 15) is 18.0 Å². The van der Waals surface area contributed by atoms with E-state index in [0.717, 1.165) is 37.3 Å². The van der Waals surface area contributed by atoms with Crippen LogP contribution in [0.15, 0.2) is 53.4 Å². The van der Waals surface area contributed by atoms with Crippen LogP contribution < -0.4 is 15.5 Å². The van der Waals surface area contributed by atoms with Gasteiger partial charge in [-0.1, -0.05) is 12.1 Å². The van der Waals surface area contributed by atoms with Crippen molar-refractivity contribution >= 4 is 33.2 Å². The number of carbonyl (C=O) groups is 2. The minimum Gasteiger partial charge on any atom is -0.371 e. The third kappa shape index (κ3) is 5.77. The summed E-state index contributed by atoms with van der Waals surface area (Å²) in [4.78, 5) is 27.7. The molecule has 182 valence electrons. The second kappa shape index (κ2) is 10.6. The predicted molar refractivity (Wildman–Crippen MR) is 132 cm³/mol. The van der Waals surface area contributed by atoms with Crippen molar-refractivity contribution in [3.8, 4) is 0 Å². The van der Waals surface area contributed by atoms with Crippen molar-refractivity contribution in [3.05, 3.63) is 54.1 Å². The van der Waals surface area contributed by atoms with E-state index in [-0.39, 0.29) is 22.8 Å². The third-order valence-electron chi connectivity index (χ3n) is 6.27. The van der Waals surface area contributed by atoms with Gasteiger partial charge in [-0.25, -0.2) is 8.42 Å². The Kier molecular flexibility index (Phi) is 7.53. The van der Waals surface area contributed by atoms with Gasteiger partial charge in [0.25, 0.3) is 5.91 Å². The van der Waals surface area contributed by atoms with Crippen LogP contribution in [0.5, 0.6) is 0 Å². The van der Waals surface area contributed by atoms with Crippen molar-refractivity contribution in [2.45, 2.75) is 50.0 Å². The van der Waals surface area contributed by atoms with Gasteiger partial charge in [-0.3, -0.25) is 9.59 Å². The molecule has 4 rings (SSSR count). The molecular formula is C25H32N4O4S. The second-order valence-electron chi connectivity index (χ2n) is 9.01. The summed E-state index contributed by atoms with van der Waals surface area (Å²) in [6.45, 7) is 4.82. The fourth-order valence-electron chi connectivity index (χ4n) is 4.48. The SMILES string of the molecule is CC(CC(=O)Nc1cccc(N2CCCC2)c1)NC(=O)c1cccc(S(=O)(=O)N2CCCC2)c1. The van der Waals surface area contributed by atoms with Gasteiger partial charge in [-0.15, -0.1) is 0 Å². The molecule has 0 aromatic heterocycles. The molecule has 0 bridgehead atoms. The van der Waals surface area contributed by atoms with Gasteiger partial charge in [-0.05, 0) is 69.0 Å². The third-order valence-corrected chi connectivity index (χ3v) is 8.16. The van der Waals surface area contributed by atoms with Crippen LogP contribution in [-0.4, -0.2) is 56.8 Å². The zero-order valence-corrected chi connectivity index (χ0v) is 20.3. The van der Waals surface area contributed by atoms with E-state index in [2.05, 4.69) is 15.5 Å². The molecule has 2 N–H and O–H groups in total. The predicted octanol–water partition coefficient (Wildman–Crippen LogP) is 3.22. The van der Waals surface area contributed by atoms with Crippen LogP contribution in [0.2, 0.25) is 0 Å². The van der Waals surface area contributed by atoms with Crippen molar-refractivity contribution in [3.63, 3.8) is 0 Å². The number of amides is 2. The molecule has 8 nitrogen and oxygen atoms in total. The maximum Gasteiger partial charge on any atom is 0.251 e. The highest BCUT2D eigenvalue weighted by Crippen LogP contribution is 2.24. The van der Waals surface area contributed by atoms with Crippen LogP contribution in [0.1, 0.15) is 49.4 Å². The van der Waals surface area contributed by atoms with E-state index in [1.54, 1.807) is 19.1 Å². The van der Waals surface area contributed by atoms with Gasteiger partial charge in [0.2, 0.25) is 15.9 Å². The Balaban J connectivity index is 1.33. The molecule has 2 aliphatic rings. The summed E-state index contributed by atoms with van der Waals surface area (Å²) in [5.41, 5.74) is 2.08. The van der Waals surface area contributed by atoms with Crippen LogP contribution in [0.4, 0.5) is 11.4 Å². The number of nitrogens with one attached hydrogen (secondary N) is 2. The normalized spacial score (nSPS) is 17.5. The monoisotopic (exact) mass is 484 g/mol. The summed E-state index contributed by atoms with van der Waals surface area (Å²) in [6, 6.07) is 13.4. The smallest absolute Gasteiger partial charge is 0.251 e. The first-order valence-corrected chi connectivity index (χ1v) is 13.3. The van der Waals surface area contributed by atoms with E-state index < -0.39 is 22.0 Å². The minimum atomic E-state index is -3.60. The van der Waals surface area contributed by atoms with Crippen LogP contribution in [0, 0.1) is 0 Å². The first kappa shape index (κ1) is 24.2. The highest BCUT2D eigenvalue weighted by molar-refractivity contribution is 7.89. The highest BCUT2D eigenvalue weighted by atomic mass is 32.2. The maximum absolute atomic E-state index is 12.8. The summed E-state index contributed by atoms with van der Waals surface area (Å²) in [5.74, 6) is -0.605. The van der Waals surface area contributed by atoms with Gasteiger partial charge in [0, 0.05) is 55.6 Å². The molecule has 2 fully saturated rings. The Morgan fingerprint density at radius 1 is 0.941 bits per heavy atom. The summed E-state index contributed by atoms with van der Waals surface area (Å²) in [7, 11) is -3.60. The molecule has 2 aliphatic heterocycles. The summed E-state index contributed by atoms with van der Waals surface area (Å²) >= 11 is 0. The number of carbonyl (C=O) groups excluding carboxylic acids is 2. The molecule has 2 amide bonds. The average Bonchev–Trinajstić information content (AvgIpc) is 3.54. The molecule has 34 heavy (non-hydrogen) atoms. The second-order valence-corrected chi connectivity index (χ2v) is 10.9. The van der Waals surface area contributed by atoms with E-state index in [1.807, 2.05) is 24.3 Å². The van der Waals surface area contributed by atoms with E-state index >= 15 is 0 Å². The van der Waals surface area contributed by atoms with E-state index in [4.69, 9.17) is 0 Å². The summed E-state index contributed by atoms with van der Waals surface area (Å²) < 4.78 is 27.0. The summed E-state index contributed by atoms with van der Waals surface area (Å²) in [5, 5.41) is 5.71. The van der Waals surface area contributed by atoms with Crippen molar-refractivity contribution in [2.75, 3.05) is 36.4 Å². The molecule has 0 spiro atoms. The van der Waals surface area contributed by atoms with Crippen LogP contribution in [0.3, 0.4) is 0 Å². The number of rotatable bonds is 8. The molecule has 0 radical (unpaired) electrons. The van der Waals surface area contributed by atoms with Crippen molar-refractivity contribution < 1.29 is 18.0 Å². The Morgan fingerprint density at radius 2 is 1.62 bits per heavy atom. The minimum absolute atomic E-state index is 0.103. The Hall–Kier alpha value is -2.91. The van der Waals surface area contributed by atoms with E-state index in [0.29, 0.717) is 13.1 Å². The Morgan fingerprint density at radius 3 is 2.35 bits per heavy atom. The average molecular weight is 485 g/mol. The van der Waals surface area contributed by atoms with Crippen LogP contribution >= 0.6 is 0 Å². The van der Waals surface area contributed by atoms with Gasteiger partial charge in [0.15, 0.2) is 0 Å². The van der Waals surface area contributed by atoms with E-state index in [1.165, 1.54) is 29.3 Å². The van der Waals surface area contributed by atoms with Gasteiger partial charge in [0.1, 0.15) is 0 Å². The molecule has 2 aromatic rings. The first-order valence-electron chi connectivity index (χ1n) is 11.9. The lowest BCUT2D eigenvalue weighted by Crippen LogP contribution is -2.35. The molecule has 2 heterocycles. The summed E-state index contributed by atoms with van der Waals surface area (Å²) in [6.07, 6.45) is 4.16. The number of benzene rings is 2. The zero-order chi connectivity index (χ0) is 24.1. The lowest BCUT2D eigenvalue weighted by atomic mass is 10.1. The molecule has 1 unspecified atom stereocenters. The fraction of sp³-hybridized carbons (Fsp3) is 0.440. The maximum atomic E-state index is 12.8. The quantitative estimate of drug-likeness (QED) is 0.600. The lowest BCUT2D eigenvalue weighted by Gasteiger charge is -2.19. The highest BCUT2D eigenvalue weighted by Gasteiger charge is 2.27. The van der Waals surface area contributed by atoms with Gasteiger partial charge < -0.3 is 15.5 Å². The number of hydrogen-bond acceptors (Lipinski definition) is 5. The molecule has 0 aliphatic carbocycles. The largest absolute Gasteiger partial charge is 0.371 e. The Labute approximate surface area is 201 Å². The number of anilines is 2. The lowest BCUT2D eigenvalue weighted by molar-refractivity contribution is -0.116. The topological polar surface area (TPSA) is 98.8 Å². The van der Waals surface area contributed by atoms with Gasteiger partial charge in [0.05, 0.1) is 4.90 Å². The first-order chi connectivity index (χ1) is 16.3. The van der Waals surface area contributed by atoms with Crippen molar-refractivity contribution in [1.82, 2.24) is 9.62 Å². The molecule has 9 heteroatoms. The van der Waals surface area contributed by atoms with Crippen LogP contribution in [0.25, 0.3) is 0 Å². The molecule has 0 saturated carbocycles. The van der Waals surface area contributed by atoms with Crippen LogP contribution in [-0.2, 0) is 14.8 Å². The Bertz CT molecular complexity index is 1140. The molecule has 1 atom stereocenters. The molecule has 2 saturated heterocycles. The number of nitrogens with zero attached hydrogens (tertiary/aromatic N) is 2. The number of hydrogen-bond donors (Lipinski definition) is 2. The fourth-order valence-corrected chi connectivity index (χ4v) is 6.04. The van der Waals surface area contributed by atoms with Crippen molar-refractivity contribution in [2.24, 2.45) is 0 Å². The molecular weight excluding hydrogens is 452 g/mol. The molecule has 2 aromatic carbocycles.